The van der Waals surface area contributed by atoms with E-state index in [1.165, 1.54) is 7.11 Å². The number of carbonyl (C=O) groups excluding carboxylic acids is 1. The number of aldehydes is 1. The molecule has 0 saturated heterocycles. The third-order valence-electron chi connectivity index (χ3n) is 4.94. The van der Waals surface area contributed by atoms with E-state index in [0.29, 0.717) is 41.4 Å². The van der Waals surface area contributed by atoms with Crippen LogP contribution in [0.4, 0.5) is 5.95 Å². The van der Waals surface area contributed by atoms with Gasteiger partial charge in [0, 0.05) is 18.2 Å². The third kappa shape index (κ3) is 7.12. The molecule has 0 aliphatic carbocycles. The number of rotatable bonds is 14. The van der Waals surface area contributed by atoms with Crippen molar-refractivity contribution in [2.24, 2.45) is 0 Å². The van der Waals surface area contributed by atoms with Crippen LogP contribution in [-0.2, 0) is 18.6 Å². The summed E-state index contributed by atoms with van der Waals surface area (Å²) >= 11 is 5.89. The number of anilines is 1. The molecule has 0 amide bonds. The van der Waals surface area contributed by atoms with E-state index < -0.39 is 13.9 Å². The Hall–Kier alpha value is -2.76. The van der Waals surface area contributed by atoms with Gasteiger partial charge in [0.2, 0.25) is 11.8 Å². The smallest absolute Gasteiger partial charge is 0.459 e. The van der Waals surface area contributed by atoms with Gasteiger partial charge in [0.05, 0.1) is 32.2 Å². The molecule has 2 heterocycles. The summed E-state index contributed by atoms with van der Waals surface area (Å²) in [5.74, 6) is 0.655. The Labute approximate surface area is 207 Å². The summed E-state index contributed by atoms with van der Waals surface area (Å²) < 4.78 is 37.3. The number of carbonyl (C=O) groups is 1. The molecular weight excluding hydrogens is 499 g/mol. The van der Waals surface area contributed by atoms with Crippen LogP contribution in [0.2, 0.25) is 5.02 Å². The lowest BCUT2D eigenvalue weighted by Gasteiger charge is -2.24. The van der Waals surface area contributed by atoms with Gasteiger partial charge in [-0.1, -0.05) is 11.6 Å². The van der Waals surface area contributed by atoms with E-state index in [1.54, 1.807) is 30.6 Å². The maximum absolute atomic E-state index is 13.2. The Balaban J connectivity index is 1.71. The van der Waals surface area contributed by atoms with Crippen molar-refractivity contribution in [1.82, 2.24) is 24.6 Å². The van der Waals surface area contributed by atoms with E-state index in [4.69, 9.17) is 35.9 Å². The summed E-state index contributed by atoms with van der Waals surface area (Å²) in [7, 11) is -2.36. The van der Waals surface area contributed by atoms with Gasteiger partial charge >= 0.3 is 7.75 Å². The fraction of sp³-hybridized carbons (Fsp3) is 0.429. The number of halogens is 1. The number of nitrogens with two attached hydrogens (primary N) is 1. The number of ether oxygens (including phenoxy) is 2. The van der Waals surface area contributed by atoms with Gasteiger partial charge in [-0.15, -0.1) is 0 Å². The Kier molecular flexibility index (Phi) is 9.41. The molecule has 3 N–H and O–H groups in total. The summed E-state index contributed by atoms with van der Waals surface area (Å²) in [6.45, 7) is 3.90. The standard InChI is InChI=1S/C21H28ClN6O6P/c1-4-32-20-18-19(26-21(23)27-20)28(13-24-18)14(2)11-17(31-3)12-33-35(30,25-9-10-29)34-16-7-5-15(22)6-8-16/h5-8,10,13-14,17H,4,9,11-12H2,1-3H3,(H,25,30)(H2,23,26,27). The van der Waals surface area contributed by atoms with E-state index >= 15 is 0 Å². The first-order valence-corrected chi connectivity index (χ1v) is 12.7. The molecule has 3 rings (SSSR count). The molecule has 0 aliphatic heterocycles. The van der Waals surface area contributed by atoms with Crippen LogP contribution in [-0.4, -0.2) is 58.8 Å². The summed E-state index contributed by atoms with van der Waals surface area (Å²) in [5, 5.41) is 3.01. The molecule has 0 fully saturated rings. The second-order valence-corrected chi connectivity index (χ2v) is 9.64. The predicted molar refractivity (Wildman–Crippen MR) is 131 cm³/mol. The quantitative estimate of drug-likeness (QED) is 0.234. The molecule has 0 saturated carbocycles. The van der Waals surface area contributed by atoms with E-state index in [2.05, 4.69) is 20.0 Å². The Morgan fingerprint density at radius 2 is 2.03 bits per heavy atom. The molecule has 3 unspecified atom stereocenters. The molecule has 2 aromatic heterocycles. The monoisotopic (exact) mass is 526 g/mol. The molecule has 0 aliphatic rings. The van der Waals surface area contributed by atoms with E-state index in [-0.39, 0.29) is 30.9 Å². The van der Waals surface area contributed by atoms with Crippen molar-refractivity contribution in [1.29, 1.82) is 0 Å². The highest BCUT2D eigenvalue weighted by Crippen LogP contribution is 2.44. The van der Waals surface area contributed by atoms with Crippen molar-refractivity contribution in [3.63, 3.8) is 0 Å². The van der Waals surface area contributed by atoms with Crippen molar-refractivity contribution in [3.8, 4) is 11.6 Å². The molecule has 0 bridgehead atoms. The van der Waals surface area contributed by atoms with Crippen LogP contribution in [0.15, 0.2) is 30.6 Å². The third-order valence-corrected chi connectivity index (χ3v) is 6.70. The summed E-state index contributed by atoms with van der Waals surface area (Å²) in [6.07, 6.45) is 2.16. The van der Waals surface area contributed by atoms with Crippen molar-refractivity contribution < 1.29 is 27.9 Å². The first-order chi connectivity index (χ1) is 16.8. The molecule has 190 valence electrons. The van der Waals surface area contributed by atoms with Gasteiger partial charge in [0.15, 0.2) is 11.2 Å². The number of nitrogens with one attached hydrogen (secondary N) is 1. The molecule has 35 heavy (non-hydrogen) atoms. The second kappa shape index (κ2) is 12.3. The zero-order chi connectivity index (χ0) is 25.4. The number of fused-ring (bicyclic) bond motifs is 1. The van der Waals surface area contributed by atoms with Crippen LogP contribution in [0.5, 0.6) is 11.6 Å². The maximum Gasteiger partial charge on any atom is 0.459 e. The molecule has 1 aromatic carbocycles. The number of hydrogen-bond acceptors (Lipinski definition) is 10. The molecular formula is C21H28ClN6O6P. The summed E-state index contributed by atoms with van der Waals surface area (Å²) in [4.78, 5) is 23.6. The number of aromatic nitrogens is 4. The molecule has 0 radical (unpaired) electrons. The zero-order valence-corrected chi connectivity index (χ0v) is 21.2. The minimum absolute atomic E-state index is 0.0723. The molecule has 14 heteroatoms. The van der Waals surface area contributed by atoms with Crippen LogP contribution in [0.3, 0.4) is 0 Å². The Morgan fingerprint density at radius 1 is 1.29 bits per heavy atom. The Morgan fingerprint density at radius 3 is 2.69 bits per heavy atom. The van der Waals surface area contributed by atoms with Crippen molar-refractivity contribution in [2.45, 2.75) is 32.4 Å². The van der Waals surface area contributed by atoms with Crippen molar-refractivity contribution >= 4 is 42.7 Å². The number of imidazole rings is 1. The first kappa shape index (κ1) is 26.8. The zero-order valence-electron chi connectivity index (χ0n) is 19.6. The highest BCUT2D eigenvalue weighted by atomic mass is 35.5. The minimum Gasteiger partial charge on any atom is -0.476 e. The number of nitrogen functional groups attached to an aromatic ring is 1. The highest BCUT2D eigenvalue weighted by Gasteiger charge is 2.29. The second-order valence-electron chi connectivity index (χ2n) is 7.45. The van der Waals surface area contributed by atoms with Gasteiger partial charge in [0.1, 0.15) is 12.0 Å². The first-order valence-electron chi connectivity index (χ1n) is 10.8. The van der Waals surface area contributed by atoms with Gasteiger partial charge < -0.3 is 29.1 Å². The lowest BCUT2D eigenvalue weighted by Crippen LogP contribution is -2.26. The van der Waals surface area contributed by atoms with Crippen molar-refractivity contribution in [3.05, 3.63) is 35.6 Å². The number of nitrogens with zero attached hydrogens (tertiary/aromatic N) is 4. The Bertz CT molecular complexity index is 1180. The number of hydrogen-bond donors (Lipinski definition) is 2. The van der Waals surface area contributed by atoms with Crippen LogP contribution >= 0.6 is 19.3 Å². The SMILES string of the molecule is CCOc1nc(N)nc2c1ncn2C(C)CC(COP(=O)(NCC=O)Oc1ccc(Cl)cc1)OC. The van der Waals surface area contributed by atoms with Crippen LogP contribution < -0.4 is 20.1 Å². The normalized spacial score (nSPS) is 14.9. The lowest BCUT2D eigenvalue weighted by molar-refractivity contribution is -0.107. The van der Waals surface area contributed by atoms with E-state index in [9.17, 15) is 9.36 Å². The van der Waals surface area contributed by atoms with Gasteiger partial charge in [-0.25, -0.2) is 14.6 Å². The summed E-state index contributed by atoms with van der Waals surface area (Å²) in [5.41, 5.74) is 6.86. The van der Waals surface area contributed by atoms with Crippen LogP contribution in [0.25, 0.3) is 11.2 Å². The van der Waals surface area contributed by atoms with E-state index in [0.717, 1.165) is 0 Å². The fourth-order valence-corrected chi connectivity index (χ4v) is 4.66. The van der Waals surface area contributed by atoms with E-state index in [1.807, 2.05) is 18.4 Å². The largest absolute Gasteiger partial charge is 0.476 e. The average Bonchev–Trinajstić information content (AvgIpc) is 3.26. The molecule has 3 aromatic rings. The topological polar surface area (TPSA) is 153 Å². The molecule has 12 nitrogen and oxygen atoms in total. The predicted octanol–water partition coefficient (Wildman–Crippen LogP) is 3.42. The average molecular weight is 527 g/mol. The number of methoxy groups -OCH3 is 1. The van der Waals surface area contributed by atoms with Gasteiger partial charge in [0.25, 0.3) is 0 Å². The van der Waals surface area contributed by atoms with Gasteiger partial charge in [-0.05, 0) is 44.5 Å². The lowest BCUT2D eigenvalue weighted by atomic mass is 10.1. The van der Waals surface area contributed by atoms with Crippen molar-refractivity contribution in [2.75, 3.05) is 32.6 Å². The minimum atomic E-state index is -3.88. The van der Waals surface area contributed by atoms with Crippen LogP contribution in [0, 0.1) is 0 Å². The van der Waals surface area contributed by atoms with Gasteiger partial charge in [-0.2, -0.15) is 9.97 Å². The summed E-state index contributed by atoms with van der Waals surface area (Å²) in [6, 6.07) is 6.11. The van der Waals surface area contributed by atoms with Gasteiger partial charge in [-0.3, -0.25) is 4.52 Å². The maximum atomic E-state index is 13.2. The number of benzene rings is 1. The van der Waals surface area contributed by atoms with Crippen LogP contribution in [0.1, 0.15) is 26.3 Å². The molecule has 0 spiro atoms. The fourth-order valence-electron chi connectivity index (χ4n) is 3.26. The highest BCUT2D eigenvalue weighted by molar-refractivity contribution is 7.52. The molecule has 3 atom stereocenters.